The summed E-state index contributed by atoms with van der Waals surface area (Å²) in [6, 6.07) is 3.80. The Kier molecular flexibility index (Phi) is 4.55. The first-order valence-corrected chi connectivity index (χ1v) is 7.80. The fraction of sp³-hybridized carbons (Fsp3) is 0.231. The Morgan fingerprint density at radius 2 is 1.88 bits per heavy atom. The van der Waals surface area contributed by atoms with Crippen LogP contribution in [0.2, 0.25) is 0 Å². The van der Waals surface area contributed by atoms with E-state index in [1.807, 2.05) is 0 Å². The highest BCUT2D eigenvalue weighted by molar-refractivity contribution is 7.86. The van der Waals surface area contributed by atoms with Gasteiger partial charge in [0.2, 0.25) is 5.76 Å². The van der Waals surface area contributed by atoms with Crippen LogP contribution in [0.5, 0.6) is 0 Å². The van der Waals surface area contributed by atoms with E-state index in [9.17, 15) is 28.1 Å². The lowest BCUT2D eigenvalue weighted by Crippen LogP contribution is -2.16. The quantitative estimate of drug-likeness (QED) is 0.322. The van der Waals surface area contributed by atoms with E-state index in [-0.39, 0.29) is 11.3 Å². The summed E-state index contributed by atoms with van der Waals surface area (Å²) in [7, 11) is -3.46. The number of non-ortho nitro benzene ring substituents is 1. The second kappa shape index (κ2) is 6.28. The molecule has 1 heterocycles. The maximum Gasteiger partial charge on any atom is 0.376 e. The van der Waals surface area contributed by atoms with Crippen molar-refractivity contribution in [1.82, 2.24) is 0 Å². The van der Waals surface area contributed by atoms with Gasteiger partial charge >= 0.3 is 22.1 Å². The summed E-state index contributed by atoms with van der Waals surface area (Å²) in [5, 5.41) is 10.6. The van der Waals surface area contributed by atoms with Gasteiger partial charge in [-0.3, -0.25) is 10.1 Å². The van der Waals surface area contributed by atoms with Gasteiger partial charge in [-0.15, -0.1) is 0 Å². The molecule has 2 rings (SSSR count). The molecule has 1 atom stereocenters. The van der Waals surface area contributed by atoms with Gasteiger partial charge in [0.05, 0.1) is 12.0 Å². The first-order valence-electron chi connectivity index (χ1n) is 6.39. The van der Waals surface area contributed by atoms with Crippen molar-refractivity contribution in [3.8, 4) is 0 Å². The standard InChI is InChI=1S/C13H11NO9S/c1-7-10(12(15)21-2)11(13(16)22-7)23-24(19,20)9-5-3-8(4-6-9)14(17)18/h3-7H,1-2H3/t7-/m1/s1. The minimum Gasteiger partial charge on any atom is -0.465 e. The topological polar surface area (TPSA) is 139 Å². The van der Waals surface area contributed by atoms with Crippen LogP contribution in [0.25, 0.3) is 0 Å². The third-order valence-corrected chi connectivity index (χ3v) is 4.29. The third-order valence-electron chi connectivity index (χ3n) is 3.05. The fourth-order valence-electron chi connectivity index (χ4n) is 1.91. The highest BCUT2D eigenvalue weighted by atomic mass is 32.2. The molecule has 0 spiro atoms. The molecule has 1 aromatic carbocycles. The lowest BCUT2D eigenvalue weighted by atomic mass is 10.1. The molecular weight excluding hydrogens is 346 g/mol. The van der Waals surface area contributed by atoms with Crippen molar-refractivity contribution in [2.24, 2.45) is 0 Å². The van der Waals surface area contributed by atoms with Crippen LogP contribution in [-0.2, 0) is 33.4 Å². The number of nitro groups is 1. The predicted molar refractivity (Wildman–Crippen MR) is 76.0 cm³/mol. The number of carbonyl (C=O) groups excluding carboxylic acids is 2. The first-order chi connectivity index (χ1) is 11.2. The Bertz CT molecular complexity index is 839. The van der Waals surface area contributed by atoms with E-state index in [4.69, 9.17) is 8.92 Å². The van der Waals surface area contributed by atoms with Gasteiger partial charge in [-0.05, 0) is 19.1 Å². The van der Waals surface area contributed by atoms with Crippen LogP contribution in [0.1, 0.15) is 6.92 Å². The molecular formula is C13H11NO9S. The zero-order valence-corrected chi connectivity index (χ0v) is 13.2. The average molecular weight is 357 g/mol. The molecule has 1 aromatic rings. The molecule has 0 amide bonds. The summed E-state index contributed by atoms with van der Waals surface area (Å²) in [5.41, 5.74) is -0.690. The van der Waals surface area contributed by atoms with E-state index in [2.05, 4.69) is 4.74 Å². The third kappa shape index (κ3) is 3.20. The number of nitrogens with zero attached hydrogens (tertiary/aromatic N) is 1. The number of carbonyl (C=O) groups is 2. The number of ether oxygens (including phenoxy) is 2. The van der Waals surface area contributed by atoms with Gasteiger partial charge < -0.3 is 13.7 Å². The van der Waals surface area contributed by atoms with Crippen molar-refractivity contribution in [3.05, 3.63) is 45.7 Å². The molecule has 0 saturated heterocycles. The van der Waals surface area contributed by atoms with E-state index in [1.165, 1.54) is 6.92 Å². The lowest BCUT2D eigenvalue weighted by molar-refractivity contribution is -0.384. The van der Waals surface area contributed by atoms with Gasteiger partial charge in [-0.1, -0.05) is 0 Å². The second-order valence-corrected chi connectivity index (χ2v) is 6.12. The van der Waals surface area contributed by atoms with Crippen molar-refractivity contribution in [1.29, 1.82) is 0 Å². The summed E-state index contributed by atoms with van der Waals surface area (Å²) in [6.45, 7) is 1.35. The predicted octanol–water partition coefficient (Wildman–Crippen LogP) is 0.672. The number of hydrogen-bond donors (Lipinski definition) is 0. The highest BCUT2D eigenvalue weighted by Crippen LogP contribution is 2.28. The van der Waals surface area contributed by atoms with Gasteiger partial charge in [-0.2, -0.15) is 8.42 Å². The molecule has 0 aromatic heterocycles. The summed E-state index contributed by atoms with van der Waals surface area (Å²) in [6.07, 6.45) is -1.04. The molecule has 0 unspecified atom stereocenters. The number of benzene rings is 1. The Hall–Kier alpha value is -2.95. The Morgan fingerprint density at radius 3 is 2.38 bits per heavy atom. The van der Waals surface area contributed by atoms with Gasteiger partial charge in [0.15, 0.2) is 0 Å². The van der Waals surface area contributed by atoms with E-state index in [0.717, 1.165) is 31.4 Å². The van der Waals surface area contributed by atoms with Crippen LogP contribution >= 0.6 is 0 Å². The molecule has 0 saturated carbocycles. The number of esters is 2. The molecule has 0 bridgehead atoms. The monoisotopic (exact) mass is 357 g/mol. The van der Waals surface area contributed by atoms with Crippen molar-refractivity contribution >= 4 is 27.7 Å². The fourth-order valence-corrected chi connectivity index (χ4v) is 2.85. The van der Waals surface area contributed by atoms with Crippen molar-refractivity contribution in [3.63, 3.8) is 0 Å². The molecule has 1 aliphatic rings. The molecule has 24 heavy (non-hydrogen) atoms. The maximum atomic E-state index is 12.2. The van der Waals surface area contributed by atoms with Crippen LogP contribution in [0, 0.1) is 10.1 Å². The van der Waals surface area contributed by atoms with Gasteiger partial charge in [0, 0.05) is 12.1 Å². The molecule has 0 aliphatic carbocycles. The molecule has 11 heteroatoms. The molecule has 0 fully saturated rings. The first kappa shape index (κ1) is 17.4. The zero-order valence-electron chi connectivity index (χ0n) is 12.4. The summed E-state index contributed by atoms with van der Waals surface area (Å²) < 4.78 is 38.3. The molecule has 10 nitrogen and oxygen atoms in total. The number of rotatable bonds is 5. The van der Waals surface area contributed by atoms with E-state index < -0.39 is 43.7 Å². The minimum absolute atomic E-state index is 0.322. The lowest BCUT2D eigenvalue weighted by Gasteiger charge is -2.07. The van der Waals surface area contributed by atoms with E-state index in [0.29, 0.717) is 0 Å². The summed E-state index contributed by atoms with van der Waals surface area (Å²) in [4.78, 5) is 32.8. The summed E-state index contributed by atoms with van der Waals surface area (Å²) in [5.74, 6) is -2.90. The minimum atomic E-state index is -4.51. The zero-order chi connectivity index (χ0) is 18.1. The normalized spacial score (nSPS) is 17.4. The van der Waals surface area contributed by atoms with Crippen molar-refractivity contribution in [2.75, 3.05) is 7.11 Å². The smallest absolute Gasteiger partial charge is 0.376 e. The molecule has 0 radical (unpaired) electrons. The Labute approximate surface area is 135 Å². The van der Waals surface area contributed by atoms with Crippen LogP contribution < -0.4 is 0 Å². The van der Waals surface area contributed by atoms with Crippen LogP contribution in [-0.4, -0.2) is 38.5 Å². The highest BCUT2D eigenvalue weighted by Gasteiger charge is 2.40. The van der Waals surface area contributed by atoms with Crippen LogP contribution in [0.3, 0.4) is 0 Å². The molecule has 0 N–H and O–H groups in total. The van der Waals surface area contributed by atoms with Crippen LogP contribution in [0.15, 0.2) is 40.5 Å². The largest absolute Gasteiger partial charge is 0.465 e. The second-order valence-electron chi connectivity index (χ2n) is 4.57. The van der Waals surface area contributed by atoms with Gasteiger partial charge in [0.1, 0.15) is 16.6 Å². The van der Waals surface area contributed by atoms with Gasteiger partial charge in [-0.25, -0.2) is 9.59 Å². The Morgan fingerprint density at radius 1 is 1.29 bits per heavy atom. The number of cyclic esters (lactones) is 1. The number of nitro benzene ring substituents is 1. The van der Waals surface area contributed by atoms with Crippen molar-refractivity contribution in [2.45, 2.75) is 17.9 Å². The number of hydrogen-bond acceptors (Lipinski definition) is 9. The Balaban J connectivity index is 2.40. The average Bonchev–Trinajstić information content (AvgIpc) is 2.80. The van der Waals surface area contributed by atoms with Crippen molar-refractivity contribution < 1.29 is 36.6 Å². The van der Waals surface area contributed by atoms with Gasteiger partial charge in [0.25, 0.3) is 5.69 Å². The van der Waals surface area contributed by atoms with Crippen LogP contribution in [0.4, 0.5) is 5.69 Å². The number of methoxy groups -OCH3 is 1. The summed E-state index contributed by atoms with van der Waals surface area (Å²) >= 11 is 0. The SMILES string of the molecule is COC(=O)C1=C(OS(=O)(=O)c2ccc([N+](=O)[O-])cc2)C(=O)O[C@@H]1C. The molecule has 1 aliphatic heterocycles. The van der Waals surface area contributed by atoms with E-state index in [1.54, 1.807) is 0 Å². The van der Waals surface area contributed by atoms with E-state index >= 15 is 0 Å². The maximum absolute atomic E-state index is 12.2. The molecule has 128 valence electrons.